The summed E-state index contributed by atoms with van der Waals surface area (Å²) >= 11 is 0. The first-order chi connectivity index (χ1) is 13.5. The van der Waals surface area contributed by atoms with Gasteiger partial charge in [-0.25, -0.2) is 15.0 Å². The van der Waals surface area contributed by atoms with Gasteiger partial charge in [-0.15, -0.1) is 0 Å². The van der Waals surface area contributed by atoms with E-state index in [0.717, 1.165) is 11.1 Å². The number of hydrogen-bond acceptors (Lipinski definition) is 5. The van der Waals surface area contributed by atoms with Crippen LogP contribution in [0.2, 0.25) is 0 Å². The average Bonchev–Trinajstić information content (AvgIpc) is 2.75. The molecule has 1 aliphatic rings. The Labute approximate surface area is 163 Å². The zero-order valence-corrected chi connectivity index (χ0v) is 15.4. The van der Waals surface area contributed by atoms with E-state index in [1.54, 1.807) is 13.0 Å². The molecule has 1 atom stereocenters. The second-order valence-electron chi connectivity index (χ2n) is 6.61. The normalized spacial score (nSPS) is 16.9. The van der Waals surface area contributed by atoms with Gasteiger partial charge in [0, 0.05) is 16.7 Å². The highest BCUT2D eigenvalue weighted by Crippen LogP contribution is 2.32. The molecule has 0 radical (unpaired) electrons. The van der Waals surface area contributed by atoms with E-state index in [0.29, 0.717) is 34.2 Å². The minimum atomic E-state index is -0.909. The van der Waals surface area contributed by atoms with Gasteiger partial charge in [-0.1, -0.05) is 67.2 Å². The Bertz CT molecular complexity index is 1050. The van der Waals surface area contributed by atoms with Crippen LogP contribution in [-0.2, 0) is 0 Å². The van der Waals surface area contributed by atoms with Crippen molar-refractivity contribution in [3.63, 3.8) is 0 Å². The van der Waals surface area contributed by atoms with Crippen molar-refractivity contribution in [1.82, 2.24) is 15.0 Å². The van der Waals surface area contributed by atoms with Gasteiger partial charge in [-0.2, -0.15) is 0 Å². The van der Waals surface area contributed by atoms with Crippen LogP contribution in [0.4, 0.5) is 0 Å². The molecule has 2 aromatic carbocycles. The third-order valence-electron chi connectivity index (χ3n) is 4.66. The summed E-state index contributed by atoms with van der Waals surface area (Å²) in [5.41, 5.74) is 3.01. The Morgan fingerprint density at radius 1 is 0.786 bits per heavy atom. The van der Waals surface area contributed by atoms with Crippen LogP contribution in [0.15, 0.2) is 90.2 Å². The molecular weight excluding hydrogens is 350 g/mol. The van der Waals surface area contributed by atoms with E-state index in [9.17, 15) is 10.2 Å². The van der Waals surface area contributed by atoms with Crippen molar-refractivity contribution in [1.29, 1.82) is 0 Å². The molecule has 28 heavy (non-hydrogen) atoms. The van der Waals surface area contributed by atoms with Gasteiger partial charge in [-0.05, 0) is 18.6 Å². The number of nitrogens with zero attached hydrogens (tertiary/aromatic N) is 3. The summed E-state index contributed by atoms with van der Waals surface area (Å²) in [5, 5.41) is 20.7. The number of rotatable bonds is 3. The van der Waals surface area contributed by atoms with Crippen LogP contribution >= 0.6 is 0 Å². The van der Waals surface area contributed by atoms with Crippen molar-refractivity contribution in [2.45, 2.75) is 13.0 Å². The second-order valence-corrected chi connectivity index (χ2v) is 6.61. The van der Waals surface area contributed by atoms with Crippen molar-refractivity contribution >= 4 is 5.57 Å². The van der Waals surface area contributed by atoms with Crippen molar-refractivity contribution in [3.05, 3.63) is 96.0 Å². The van der Waals surface area contributed by atoms with Gasteiger partial charge in [0.2, 0.25) is 0 Å². The van der Waals surface area contributed by atoms with Crippen molar-refractivity contribution in [2.24, 2.45) is 0 Å². The van der Waals surface area contributed by atoms with E-state index in [2.05, 4.69) is 21.5 Å². The lowest BCUT2D eigenvalue weighted by Crippen LogP contribution is -2.18. The number of hydrogen-bond donors (Lipinski definition) is 2. The highest BCUT2D eigenvalue weighted by molar-refractivity contribution is 5.80. The predicted octanol–water partition coefficient (Wildman–Crippen LogP) is 4.35. The van der Waals surface area contributed by atoms with Crippen LogP contribution in [0.1, 0.15) is 12.7 Å². The van der Waals surface area contributed by atoms with Gasteiger partial charge >= 0.3 is 0 Å². The lowest BCUT2D eigenvalue weighted by atomic mass is 9.92. The summed E-state index contributed by atoms with van der Waals surface area (Å²) < 4.78 is 0. The molecule has 0 saturated heterocycles. The molecule has 3 aromatic rings. The molecule has 0 spiro atoms. The summed E-state index contributed by atoms with van der Waals surface area (Å²) in [5.74, 6) is 1.31. The molecule has 2 N–H and O–H groups in total. The molecule has 0 saturated carbocycles. The van der Waals surface area contributed by atoms with Crippen LogP contribution in [0.5, 0.6) is 0 Å². The number of allylic oxidation sites excluding steroid dienone is 1. The predicted molar refractivity (Wildman–Crippen MR) is 109 cm³/mol. The molecule has 4 rings (SSSR count). The zero-order valence-electron chi connectivity index (χ0n) is 15.4. The van der Waals surface area contributed by atoms with Gasteiger partial charge in [0.05, 0.1) is 5.57 Å². The molecule has 1 heterocycles. The van der Waals surface area contributed by atoms with E-state index < -0.39 is 6.10 Å². The Morgan fingerprint density at radius 3 is 1.75 bits per heavy atom. The topological polar surface area (TPSA) is 79.1 Å². The number of benzene rings is 2. The molecule has 0 aliphatic heterocycles. The number of aliphatic hydroxyl groups is 2. The van der Waals surface area contributed by atoms with Gasteiger partial charge in [-0.3, -0.25) is 0 Å². The van der Waals surface area contributed by atoms with Gasteiger partial charge in [0.1, 0.15) is 11.9 Å². The molecule has 5 heteroatoms. The monoisotopic (exact) mass is 369 g/mol. The van der Waals surface area contributed by atoms with E-state index >= 15 is 0 Å². The maximum absolute atomic E-state index is 10.6. The van der Waals surface area contributed by atoms with Crippen LogP contribution in [0, 0.1) is 0 Å². The van der Waals surface area contributed by atoms with Crippen molar-refractivity contribution in [2.75, 3.05) is 0 Å². The number of aromatic nitrogens is 3. The molecule has 1 aromatic heterocycles. The first-order valence-electron chi connectivity index (χ1n) is 8.90. The first-order valence-corrected chi connectivity index (χ1v) is 8.90. The Hall–Kier alpha value is -3.57. The molecule has 0 bridgehead atoms. The van der Waals surface area contributed by atoms with E-state index in [1.165, 1.54) is 0 Å². The Kier molecular flexibility index (Phi) is 4.59. The lowest BCUT2D eigenvalue weighted by molar-refractivity contribution is 0.241. The molecule has 1 aliphatic carbocycles. The van der Waals surface area contributed by atoms with E-state index in [1.807, 2.05) is 60.7 Å². The lowest BCUT2D eigenvalue weighted by Gasteiger charge is -2.21. The molecule has 0 fully saturated rings. The molecule has 5 nitrogen and oxygen atoms in total. The highest BCUT2D eigenvalue weighted by Gasteiger charge is 2.25. The highest BCUT2D eigenvalue weighted by atomic mass is 16.3. The fourth-order valence-electron chi connectivity index (χ4n) is 3.05. The molecule has 138 valence electrons. The van der Waals surface area contributed by atoms with Gasteiger partial charge in [0.25, 0.3) is 0 Å². The van der Waals surface area contributed by atoms with Crippen LogP contribution < -0.4 is 0 Å². The van der Waals surface area contributed by atoms with Crippen molar-refractivity contribution < 1.29 is 10.2 Å². The average molecular weight is 369 g/mol. The van der Waals surface area contributed by atoms with Crippen molar-refractivity contribution in [3.8, 4) is 22.8 Å². The summed E-state index contributed by atoms with van der Waals surface area (Å²) in [4.78, 5) is 13.8. The fourth-order valence-corrected chi connectivity index (χ4v) is 3.05. The number of aliphatic hydroxyl groups excluding tert-OH is 2. The van der Waals surface area contributed by atoms with Gasteiger partial charge < -0.3 is 10.2 Å². The van der Waals surface area contributed by atoms with Crippen LogP contribution in [-0.4, -0.2) is 31.3 Å². The SMILES string of the molecule is C=C1C=C(c2nc(-c3ccccc3)nc(-c3ccccc3)n2)C(O)=C(C)C1O. The third kappa shape index (κ3) is 3.23. The maximum Gasteiger partial charge on any atom is 0.167 e. The Morgan fingerprint density at radius 2 is 1.25 bits per heavy atom. The summed E-state index contributed by atoms with van der Waals surface area (Å²) in [6.07, 6.45) is 0.707. The minimum Gasteiger partial charge on any atom is -0.507 e. The molecular formula is C23H19N3O2. The fraction of sp³-hybridized carbons (Fsp3) is 0.0870. The quantitative estimate of drug-likeness (QED) is 0.717. The maximum atomic E-state index is 10.6. The first kappa shape index (κ1) is 17.8. The van der Waals surface area contributed by atoms with E-state index in [4.69, 9.17) is 0 Å². The third-order valence-corrected chi connectivity index (χ3v) is 4.66. The Balaban J connectivity index is 1.93. The molecule has 1 unspecified atom stereocenters. The molecule has 0 amide bonds. The summed E-state index contributed by atoms with van der Waals surface area (Å²) in [6.45, 7) is 5.54. The summed E-state index contributed by atoms with van der Waals surface area (Å²) in [6, 6.07) is 19.2. The van der Waals surface area contributed by atoms with E-state index in [-0.39, 0.29) is 5.76 Å². The van der Waals surface area contributed by atoms with Crippen LogP contribution in [0.3, 0.4) is 0 Å². The summed E-state index contributed by atoms with van der Waals surface area (Å²) in [7, 11) is 0. The largest absolute Gasteiger partial charge is 0.507 e. The standard InChI is InChI=1S/C23H19N3O2/c1-14-13-18(20(28)15(2)19(14)27)23-25-21(16-9-5-3-6-10-16)24-22(26-23)17-11-7-4-8-12-17/h3-13,19,27-28H,1H2,2H3. The zero-order chi connectivity index (χ0) is 19.7. The van der Waals surface area contributed by atoms with Gasteiger partial charge in [0.15, 0.2) is 17.5 Å². The van der Waals surface area contributed by atoms with Crippen LogP contribution in [0.25, 0.3) is 28.3 Å². The smallest absolute Gasteiger partial charge is 0.167 e. The minimum absolute atomic E-state index is 0.0378. The second kappa shape index (κ2) is 7.21.